The summed E-state index contributed by atoms with van der Waals surface area (Å²) >= 11 is 0. The molecule has 1 aliphatic carbocycles. The van der Waals surface area contributed by atoms with Crippen LogP contribution >= 0.6 is 0 Å². The molecular weight excluding hydrogens is 450 g/mol. The summed E-state index contributed by atoms with van der Waals surface area (Å²) in [5, 5.41) is 17.1. The first-order chi connectivity index (χ1) is 16.8. The van der Waals surface area contributed by atoms with Crippen LogP contribution in [-0.2, 0) is 16.0 Å². The zero-order valence-corrected chi connectivity index (χ0v) is 19.1. The first-order valence-electron chi connectivity index (χ1n) is 11.5. The van der Waals surface area contributed by atoms with Crippen LogP contribution < -0.4 is 10.6 Å². The fourth-order valence-corrected chi connectivity index (χ4v) is 4.61. The number of rotatable bonds is 7. The maximum absolute atomic E-state index is 13.8. The second-order valence-corrected chi connectivity index (χ2v) is 9.08. The van der Waals surface area contributed by atoms with Crippen molar-refractivity contribution in [3.05, 3.63) is 87.1 Å². The topological polar surface area (TPSA) is 125 Å². The van der Waals surface area contributed by atoms with Crippen molar-refractivity contribution in [2.24, 2.45) is 0 Å². The Balaban J connectivity index is 1.50. The number of hydrogen-bond donors (Lipinski definition) is 2. The first kappa shape index (κ1) is 22.6. The van der Waals surface area contributed by atoms with Crippen molar-refractivity contribution in [2.75, 3.05) is 13.6 Å². The summed E-state index contributed by atoms with van der Waals surface area (Å²) in [5.41, 5.74) is 2.03. The van der Waals surface area contributed by atoms with Crippen molar-refractivity contribution < 1.29 is 19.3 Å². The third-order valence-corrected chi connectivity index (χ3v) is 6.68. The predicted molar refractivity (Wildman–Crippen MR) is 126 cm³/mol. The van der Waals surface area contributed by atoms with E-state index in [1.54, 1.807) is 13.1 Å². The van der Waals surface area contributed by atoms with Gasteiger partial charge in [0.1, 0.15) is 6.04 Å². The van der Waals surface area contributed by atoms with Crippen LogP contribution in [0.4, 0.5) is 10.5 Å². The molecule has 2 heterocycles. The van der Waals surface area contributed by atoms with Gasteiger partial charge in [0.05, 0.1) is 28.8 Å². The number of amides is 4. The highest BCUT2D eigenvalue weighted by molar-refractivity contribution is 6.03. The number of hydrogen-bond acceptors (Lipinski definition) is 5. The van der Waals surface area contributed by atoms with Crippen molar-refractivity contribution in [3.8, 4) is 0 Å². The fourth-order valence-electron chi connectivity index (χ4n) is 4.61. The lowest BCUT2D eigenvalue weighted by Crippen LogP contribution is -2.50. The van der Waals surface area contributed by atoms with Gasteiger partial charge in [0, 0.05) is 31.6 Å². The largest absolute Gasteiger partial charge is 0.352 e. The molecule has 0 unspecified atom stereocenters. The highest BCUT2D eigenvalue weighted by Gasteiger charge is 2.46. The van der Waals surface area contributed by atoms with Gasteiger partial charge in [-0.05, 0) is 24.0 Å². The molecule has 4 amide bonds. The van der Waals surface area contributed by atoms with Gasteiger partial charge in [0.2, 0.25) is 5.91 Å². The summed E-state index contributed by atoms with van der Waals surface area (Å²) < 4.78 is 0. The number of benzene rings is 2. The maximum Gasteiger partial charge on any atom is 0.322 e. The van der Waals surface area contributed by atoms with Gasteiger partial charge >= 0.3 is 6.03 Å². The van der Waals surface area contributed by atoms with E-state index in [0.29, 0.717) is 23.3 Å². The molecule has 0 spiro atoms. The van der Waals surface area contributed by atoms with Crippen LogP contribution in [0.15, 0.2) is 65.9 Å². The van der Waals surface area contributed by atoms with Crippen LogP contribution in [0.1, 0.15) is 30.0 Å². The Morgan fingerprint density at radius 1 is 1.17 bits per heavy atom. The number of nitro benzene ring substituents is 1. The summed E-state index contributed by atoms with van der Waals surface area (Å²) in [6.07, 6.45) is 2.17. The number of nitrogens with zero attached hydrogens (tertiary/aromatic N) is 3. The number of urea groups is 1. The van der Waals surface area contributed by atoms with Gasteiger partial charge in [-0.1, -0.05) is 42.5 Å². The van der Waals surface area contributed by atoms with Crippen LogP contribution in [0.3, 0.4) is 0 Å². The van der Waals surface area contributed by atoms with E-state index in [-0.39, 0.29) is 30.1 Å². The van der Waals surface area contributed by atoms with Crippen LogP contribution in [0.2, 0.25) is 0 Å². The van der Waals surface area contributed by atoms with Gasteiger partial charge < -0.3 is 15.5 Å². The molecule has 2 aliphatic heterocycles. The summed E-state index contributed by atoms with van der Waals surface area (Å²) in [4.78, 5) is 53.5. The number of carbonyl (C=O) groups excluding carboxylic acids is 3. The van der Waals surface area contributed by atoms with E-state index in [1.807, 2.05) is 30.3 Å². The molecule has 10 heteroatoms. The Hall–Kier alpha value is -4.21. The molecule has 180 valence electrons. The van der Waals surface area contributed by atoms with Gasteiger partial charge in [-0.15, -0.1) is 0 Å². The normalized spacial score (nSPS) is 20.4. The highest BCUT2D eigenvalue weighted by Crippen LogP contribution is 2.37. The molecular formula is C25H25N5O5. The zero-order valence-electron chi connectivity index (χ0n) is 19.1. The van der Waals surface area contributed by atoms with E-state index in [4.69, 9.17) is 0 Å². The predicted octanol–water partition coefficient (Wildman–Crippen LogP) is 2.28. The Morgan fingerprint density at radius 2 is 1.91 bits per heavy atom. The van der Waals surface area contributed by atoms with Gasteiger partial charge in [0.25, 0.3) is 11.6 Å². The van der Waals surface area contributed by atoms with Crippen molar-refractivity contribution >= 4 is 23.5 Å². The molecule has 3 aliphatic rings. The van der Waals surface area contributed by atoms with Gasteiger partial charge in [-0.2, -0.15) is 0 Å². The third kappa shape index (κ3) is 4.34. The van der Waals surface area contributed by atoms with Crippen molar-refractivity contribution in [2.45, 2.75) is 37.4 Å². The Bertz CT molecular complexity index is 1240. The summed E-state index contributed by atoms with van der Waals surface area (Å²) in [6.45, 7) is 0.0963. The molecule has 2 atom stereocenters. The van der Waals surface area contributed by atoms with E-state index >= 15 is 0 Å². The Morgan fingerprint density at radius 3 is 2.60 bits per heavy atom. The first-order valence-corrected chi connectivity index (χ1v) is 11.5. The molecule has 0 bridgehead atoms. The lowest BCUT2D eigenvalue weighted by Gasteiger charge is -2.31. The zero-order chi connectivity index (χ0) is 24.7. The summed E-state index contributed by atoms with van der Waals surface area (Å²) in [7, 11) is 1.57. The third-order valence-electron chi connectivity index (χ3n) is 6.68. The Labute approximate surface area is 201 Å². The van der Waals surface area contributed by atoms with Gasteiger partial charge in [-0.3, -0.25) is 24.6 Å². The molecule has 0 radical (unpaired) electrons. The van der Waals surface area contributed by atoms with Crippen LogP contribution in [0, 0.1) is 10.1 Å². The smallest absolute Gasteiger partial charge is 0.322 e. The molecule has 5 rings (SSSR count). The Kier molecular flexibility index (Phi) is 5.72. The van der Waals surface area contributed by atoms with E-state index in [0.717, 1.165) is 18.4 Å². The lowest BCUT2D eigenvalue weighted by molar-refractivity contribution is -0.384. The lowest BCUT2D eigenvalue weighted by atomic mass is 9.95. The van der Waals surface area contributed by atoms with E-state index in [9.17, 15) is 24.5 Å². The van der Waals surface area contributed by atoms with Crippen LogP contribution in [0.5, 0.6) is 0 Å². The molecule has 10 nitrogen and oxygen atoms in total. The number of nitrogens with one attached hydrogen (secondary N) is 2. The van der Waals surface area contributed by atoms with Crippen molar-refractivity contribution in [1.29, 1.82) is 0 Å². The van der Waals surface area contributed by atoms with Gasteiger partial charge in [-0.25, -0.2) is 4.79 Å². The number of non-ortho nitro benzene ring substituents is 1. The van der Waals surface area contributed by atoms with E-state index < -0.39 is 23.0 Å². The average Bonchev–Trinajstić information content (AvgIpc) is 3.61. The SMILES string of the molecule is CN1C(=O)N[C@H](c2cccc([N+](=O)[O-])c2)C2=C1CN([C@@H](Cc1ccccc1)C(=O)NC1CC1)C2=O. The fraction of sp³-hybridized carbons (Fsp3) is 0.320. The van der Waals surface area contributed by atoms with Crippen LogP contribution in [0.25, 0.3) is 0 Å². The molecule has 0 aromatic heterocycles. The van der Waals surface area contributed by atoms with Crippen molar-refractivity contribution in [3.63, 3.8) is 0 Å². The van der Waals surface area contributed by atoms with Crippen molar-refractivity contribution in [1.82, 2.24) is 20.4 Å². The summed E-state index contributed by atoms with van der Waals surface area (Å²) in [5.74, 6) is -0.589. The minimum absolute atomic E-state index is 0.0963. The van der Waals surface area contributed by atoms with Crippen LogP contribution in [-0.4, -0.2) is 58.2 Å². The quantitative estimate of drug-likeness (QED) is 0.470. The molecule has 2 aromatic rings. The van der Waals surface area contributed by atoms with E-state index in [1.165, 1.54) is 28.0 Å². The second-order valence-electron chi connectivity index (χ2n) is 9.08. The molecule has 1 fully saturated rings. The molecule has 0 saturated heterocycles. The summed E-state index contributed by atoms with van der Waals surface area (Å²) in [6, 6.07) is 13.5. The minimum Gasteiger partial charge on any atom is -0.352 e. The highest BCUT2D eigenvalue weighted by atomic mass is 16.6. The number of nitro groups is 1. The second kappa shape index (κ2) is 8.86. The molecule has 1 saturated carbocycles. The molecule has 2 N–H and O–H groups in total. The average molecular weight is 476 g/mol. The van der Waals surface area contributed by atoms with E-state index in [2.05, 4.69) is 10.6 Å². The molecule has 35 heavy (non-hydrogen) atoms. The number of likely N-dealkylation sites (N-methyl/N-ethyl adjacent to an activating group) is 1. The van der Waals surface area contributed by atoms with Gasteiger partial charge in [0.15, 0.2) is 0 Å². The number of carbonyl (C=O) groups is 3. The maximum atomic E-state index is 13.8. The minimum atomic E-state index is -0.852. The monoisotopic (exact) mass is 475 g/mol. The standard InChI is InChI=1S/C25H25N5O5/c1-28-20-14-29(19(23(31)26-17-10-11-17)12-15-6-3-2-4-7-15)24(32)21(20)22(27-25(28)33)16-8-5-9-18(13-16)30(34)35/h2-9,13,17,19,22H,10-12,14H2,1H3,(H,26,31)(H,27,33)/t19-,22+/m0/s1. The molecule has 2 aromatic carbocycles.